The van der Waals surface area contributed by atoms with Gasteiger partial charge in [-0.3, -0.25) is 4.79 Å². The average molecular weight is 364 g/mol. The van der Waals surface area contributed by atoms with Gasteiger partial charge in [-0.2, -0.15) is 0 Å². The van der Waals surface area contributed by atoms with E-state index in [1.807, 2.05) is 0 Å². The molecule has 1 amide bonds. The Labute approximate surface area is 152 Å². The van der Waals surface area contributed by atoms with E-state index in [1.54, 1.807) is 18.2 Å². The number of methoxy groups -OCH3 is 4. The van der Waals surface area contributed by atoms with Crippen molar-refractivity contribution in [3.05, 3.63) is 24.3 Å². The van der Waals surface area contributed by atoms with E-state index in [-0.39, 0.29) is 17.8 Å². The second-order valence-electron chi connectivity index (χ2n) is 5.14. The highest BCUT2D eigenvalue weighted by atomic mass is 16.5. The molecule has 0 spiro atoms. The number of amides is 1. The van der Waals surface area contributed by atoms with E-state index in [0.29, 0.717) is 39.8 Å². The standard InChI is InChI=1S/C18H21NO6.H3N/c1-10(20)19-16-12(11-6-7-14(22-2)13(21)8-11)9-15(23-3)17(24-4)18(16)25-5;/h6-9,21H,1-5H3,(H,19,20);1H3. The van der Waals surface area contributed by atoms with Crippen molar-refractivity contribution in [2.75, 3.05) is 33.8 Å². The fourth-order valence-corrected chi connectivity index (χ4v) is 2.54. The van der Waals surface area contributed by atoms with Crippen LogP contribution in [0.2, 0.25) is 0 Å². The summed E-state index contributed by atoms with van der Waals surface area (Å²) in [6.45, 7) is 1.39. The highest BCUT2D eigenvalue weighted by Gasteiger charge is 2.23. The Morgan fingerprint density at radius 3 is 2.00 bits per heavy atom. The molecule has 0 atom stereocenters. The van der Waals surface area contributed by atoms with Crippen LogP contribution in [0.4, 0.5) is 5.69 Å². The summed E-state index contributed by atoms with van der Waals surface area (Å²) in [7, 11) is 5.93. The fourth-order valence-electron chi connectivity index (χ4n) is 2.54. The van der Waals surface area contributed by atoms with Crippen molar-refractivity contribution in [3.8, 4) is 39.9 Å². The number of phenolic OH excluding ortho intramolecular Hbond substituents is 1. The molecule has 2 rings (SSSR count). The minimum absolute atomic E-state index is 0. The lowest BCUT2D eigenvalue weighted by Gasteiger charge is -2.20. The number of rotatable bonds is 6. The van der Waals surface area contributed by atoms with Crippen LogP contribution in [0, 0.1) is 0 Å². The van der Waals surface area contributed by atoms with Crippen LogP contribution in [-0.2, 0) is 4.79 Å². The SMILES string of the molecule is COc1ccc(-c2cc(OC)c(OC)c(OC)c2NC(C)=O)cc1O.N. The zero-order chi connectivity index (χ0) is 18.6. The van der Waals surface area contributed by atoms with Gasteiger partial charge in [0.2, 0.25) is 11.7 Å². The summed E-state index contributed by atoms with van der Waals surface area (Å²) in [6.07, 6.45) is 0. The zero-order valence-corrected chi connectivity index (χ0v) is 15.5. The topological polar surface area (TPSA) is 121 Å². The Morgan fingerprint density at radius 2 is 1.54 bits per heavy atom. The third-order valence-electron chi connectivity index (χ3n) is 3.62. The molecule has 0 aliphatic carbocycles. The Kier molecular flexibility index (Phi) is 7.09. The summed E-state index contributed by atoms with van der Waals surface area (Å²) in [6, 6.07) is 6.62. The van der Waals surface area contributed by atoms with Crippen molar-refractivity contribution in [1.82, 2.24) is 6.15 Å². The minimum atomic E-state index is -0.274. The molecule has 0 saturated carbocycles. The lowest BCUT2D eigenvalue weighted by Crippen LogP contribution is -2.10. The molecule has 0 aliphatic rings. The van der Waals surface area contributed by atoms with Gasteiger partial charge in [0.15, 0.2) is 23.0 Å². The van der Waals surface area contributed by atoms with Gasteiger partial charge in [-0.25, -0.2) is 0 Å². The maximum absolute atomic E-state index is 11.7. The van der Waals surface area contributed by atoms with E-state index in [9.17, 15) is 9.90 Å². The predicted octanol–water partition coefficient (Wildman–Crippen LogP) is 3.21. The molecule has 0 radical (unpaired) electrons. The highest BCUT2D eigenvalue weighted by molar-refractivity contribution is 5.98. The first-order chi connectivity index (χ1) is 12.0. The van der Waals surface area contributed by atoms with E-state index < -0.39 is 0 Å². The molecule has 5 N–H and O–H groups in total. The molecule has 0 aromatic heterocycles. The monoisotopic (exact) mass is 364 g/mol. The van der Waals surface area contributed by atoms with Crippen LogP contribution in [0.15, 0.2) is 24.3 Å². The molecule has 0 fully saturated rings. The van der Waals surface area contributed by atoms with Crippen LogP contribution in [0.25, 0.3) is 11.1 Å². The molecule has 142 valence electrons. The van der Waals surface area contributed by atoms with Gasteiger partial charge in [-0.15, -0.1) is 0 Å². The predicted molar refractivity (Wildman–Crippen MR) is 99.1 cm³/mol. The van der Waals surface area contributed by atoms with Crippen molar-refractivity contribution < 1.29 is 28.8 Å². The number of hydrogen-bond donors (Lipinski definition) is 3. The smallest absolute Gasteiger partial charge is 0.221 e. The summed E-state index contributed by atoms with van der Waals surface area (Å²) >= 11 is 0. The number of carbonyl (C=O) groups excluding carboxylic acids is 1. The van der Waals surface area contributed by atoms with E-state index in [4.69, 9.17) is 18.9 Å². The molecule has 8 heteroatoms. The third kappa shape index (κ3) is 3.92. The normalized spacial score (nSPS) is 9.73. The van der Waals surface area contributed by atoms with Gasteiger partial charge in [-0.1, -0.05) is 6.07 Å². The maximum atomic E-state index is 11.7. The summed E-state index contributed by atoms with van der Waals surface area (Å²) in [5, 5.41) is 12.8. The lowest BCUT2D eigenvalue weighted by atomic mass is 10.0. The molecule has 0 heterocycles. The number of anilines is 1. The van der Waals surface area contributed by atoms with Crippen molar-refractivity contribution in [1.29, 1.82) is 0 Å². The average Bonchev–Trinajstić information content (AvgIpc) is 2.60. The lowest BCUT2D eigenvalue weighted by molar-refractivity contribution is -0.114. The molecule has 0 unspecified atom stereocenters. The van der Waals surface area contributed by atoms with Crippen LogP contribution < -0.4 is 30.4 Å². The van der Waals surface area contributed by atoms with Gasteiger partial charge in [0.05, 0.1) is 34.1 Å². The fraction of sp³-hybridized carbons (Fsp3) is 0.278. The zero-order valence-electron chi connectivity index (χ0n) is 15.5. The number of ether oxygens (including phenoxy) is 4. The first kappa shape index (κ1) is 20.9. The number of hydrogen-bond acceptors (Lipinski definition) is 7. The Hall–Kier alpha value is -3.13. The van der Waals surface area contributed by atoms with Crippen LogP contribution in [0.5, 0.6) is 28.7 Å². The number of nitrogens with one attached hydrogen (secondary N) is 1. The summed E-state index contributed by atoms with van der Waals surface area (Å²) < 4.78 is 21.2. The summed E-state index contributed by atoms with van der Waals surface area (Å²) in [4.78, 5) is 11.7. The van der Waals surface area contributed by atoms with Crippen molar-refractivity contribution in [2.24, 2.45) is 0 Å². The van der Waals surface area contributed by atoms with Gasteiger partial charge < -0.3 is 35.5 Å². The van der Waals surface area contributed by atoms with Gasteiger partial charge in [-0.05, 0) is 23.8 Å². The van der Waals surface area contributed by atoms with Gasteiger partial charge in [0.1, 0.15) is 0 Å². The molecule has 0 saturated heterocycles. The molecular formula is C18H24N2O6. The highest BCUT2D eigenvalue weighted by Crippen LogP contribution is 2.49. The van der Waals surface area contributed by atoms with Gasteiger partial charge in [0, 0.05) is 12.5 Å². The van der Waals surface area contributed by atoms with Crippen LogP contribution in [0.1, 0.15) is 6.92 Å². The van der Waals surface area contributed by atoms with Gasteiger partial charge in [0.25, 0.3) is 0 Å². The molecular weight excluding hydrogens is 340 g/mol. The second-order valence-corrected chi connectivity index (χ2v) is 5.14. The molecule has 2 aromatic carbocycles. The number of aromatic hydroxyl groups is 1. The third-order valence-corrected chi connectivity index (χ3v) is 3.62. The van der Waals surface area contributed by atoms with Crippen molar-refractivity contribution in [3.63, 3.8) is 0 Å². The molecule has 0 aliphatic heterocycles. The van der Waals surface area contributed by atoms with E-state index in [2.05, 4.69) is 5.32 Å². The first-order valence-corrected chi connectivity index (χ1v) is 7.44. The Morgan fingerprint density at radius 1 is 0.923 bits per heavy atom. The molecule has 2 aromatic rings. The van der Waals surface area contributed by atoms with E-state index in [0.717, 1.165) is 0 Å². The largest absolute Gasteiger partial charge is 0.504 e. The molecule has 26 heavy (non-hydrogen) atoms. The maximum Gasteiger partial charge on any atom is 0.221 e. The number of benzene rings is 2. The van der Waals surface area contributed by atoms with Crippen LogP contribution >= 0.6 is 0 Å². The van der Waals surface area contributed by atoms with E-state index >= 15 is 0 Å². The quantitative estimate of drug-likeness (QED) is 0.719. The number of phenols is 1. The Bertz CT molecular complexity index is 792. The van der Waals surface area contributed by atoms with Crippen LogP contribution in [-0.4, -0.2) is 39.5 Å². The summed E-state index contributed by atoms with van der Waals surface area (Å²) in [5.41, 5.74) is 1.65. The number of carbonyl (C=O) groups is 1. The molecule has 8 nitrogen and oxygen atoms in total. The van der Waals surface area contributed by atoms with Crippen molar-refractivity contribution >= 4 is 11.6 Å². The summed E-state index contributed by atoms with van der Waals surface area (Å²) in [5.74, 6) is 1.15. The van der Waals surface area contributed by atoms with E-state index in [1.165, 1.54) is 41.4 Å². The first-order valence-electron chi connectivity index (χ1n) is 7.44. The second kappa shape index (κ2) is 8.82. The minimum Gasteiger partial charge on any atom is -0.504 e. The molecule has 0 bridgehead atoms. The van der Waals surface area contributed by atoms with Gasteiger partial charge >= 0.3 is 0 Å². The van der Waals surface area contributed by atoms with Crippen molar-refractivity contribution in [2.45, 2.75) is 6.92 Å². The Balaban J connectivity index is 0.00000338. The van der Waals surface area contributed by atoms with Crippen LogP contribution in [0.3, 0.4) is 0 Å².